The van der Waals surface area contributed by atoms with E-state index in [0.29, 0.717) is 24.0 Å². The summed E-state index contributed by atoms with van der Waals surface area (Å²) >= 11 is 0. The van der Waals surface area contributed by atoms with Crippen LogP contribution in [0.5, 0.6) is 11.5 Å². The minimum Gasteiger partial charge on any atom is -0.504 e. The molecular weight excluding hydrogens is 390 g/mol. The minimum absolute atomic E-state index is 0.0784. The molecule has 166 valence electrons. The zero-order chi connectivity index (χ0) is 21.4. The molecule has 2 aliphatic heterocycles. The normalized spacial score (nSPS) is 46.7. The molecule has 2 heterocycles. The molecule has 6 aliphatic rings. The number of phenols is 1. The van der Waals surface area contributed by atoms with Crippen molar-refractivity contribution in [1.82, 2.24) is 4.90 Å². The number of fused-ring (bicyclic) bond motifs is 2. The van der Waals surface area contributed by atoms with Crippen LogP contribution in [-0.4, -0.2) is 53.7 Å². The number of benzene rings is 1. The maximum Gasteiger partial charge on any atom is 0.165 e. The number of nitrogens with zero attached hydrogens (tertiary/aromatic N) is 1. The molecule has 1 N–H and O–H groups in total. The molecule has 5 nitrogen and oxygen atoms in total. The van der Waals surface area contributed by atoms with Crippen LogP contribution in [0.3, 0.4) is 0 Å². The van der Waals surface area contributed by atoms with Crippen molar-refractivity contribution < 1.29 is 19.4 Å². The Labute approximate surface area is 184 Å². The van der Waals surface area contributed by atoms with E-state index in [0.717, 1.165) is 38.1 Å². The molecule has 7 rings (SSSR count). The highest BCUT2D eigenvalue weighted by molar-refractivity contribution is 5.95. The van der Waals surface area contributed by atoms with E-state index in [-0.39, 0.29) is 22.7 Å². The molecule has 1 saturated heterocycles. The molecule has 6 atom stereocenters. The van der Waals surface area contributed by atoms with Crippen LogP contribution in [0.2, 0.25) is 0 Å². The molecule has 1 spiro atoms. The van der Waals surface area contributed by atoms with E-state index in [4.69, 9.17) is 9.47 Å². The van der Waals surface area contributed by atoms with Crippen LogP contribution in [-0.2, 0) is 21.4 Å². The first-order chi connectivity index (χ1) is 14.9. The smallest absolute Gasteiger partial charge is 0.165 e. The molecule has 0 aromatic heterocycles. The minimum atomic E-state index is -0.596. The molecule has 3 saturated carbocycles. The molecule has 0 radical (unpaired) electrons. The Kier molecular flexibility index (Phi) is 3.35. The zero-order valence-corrected chi connectivity index (χ0v) is 18.9. The summed E-state index contributed by atoms with van der Waals surface area (Å²) in [6.07, 6.45) is 6.58. The summed E-state index contributed by atoms with van der Waals surface area (Å²) < 4.78 is 13.1. The number of rotatable bonds is 4. The lowest BCUT2D eigenvalue weighted by Gasteiger charge is -2.74. The van der Waals surface area contributed by atoms with Crippen LogP contribution in [0.15, 0.2) is 12.1 Å². The fourth-order valence-corrected chi connectivity index (χ4v) is 9.15. The number of Topliss-reactive ketones (excluding diaryl/α,β-unsaturated/α-hetero) is 1. The van der Waals surface area contributed by atoms with Crippen LogP contribution in [0.25, 0.3) is 0 Å². The molecule has 2 bridgehead atoms. The monoisotopic (exact) mass is 423 g/mol. The van der Waals surface area contributed by atoms with Gasteiger partial charge in [0.2, 0.25) is 0 Å². The van der Waals surface area contributed by atoms with Crippen LogP contribution in [0.1, 0.15) is 63.5 Å². The molecule has 0 unspecified atom stereocenters. The number of aromatic hydroxyl groups is 1. The zero-order valence-electron chi connectivity index (χ0n) is 18.9. The highest BCUT2D eigenvalue weighted by Crippen LogP contribution is 2.77. The van der Waals surface area contributed by atoms with Gasteiger partial charge in [-0.1, -0.05) is 19.9 Å². The average Bonchev–Trinajstić information content (AvgIpc) is 3.49. The molecule has 1 aromatic carbocycles. The first-order valence-electron chi connectivity index (χ1n) is 12.2. The van der Waals surface area contributed by atoms with E-state index < -0.39 is 11.0 Å². The van der Waals surface area contributed by atoms with Gasteiger partial charge in [0.1, 0.15) is 17.5 Å². The van der Waals surface area contributed by atoms with E-state index in [9.17, 15) is 9.90 Å². The van der Waals surface area contributed by atoms with E-state index in [1.165, 1.54) is 30.5 Å². The van der Waals surface area contributed by atoms with Gasteiger partial charge in [-0.15, -0.1) is 0 Å². The van der Waals surface area contributed by atoms with Crippen LogP contribution in [0.4, 0.5) is 0 Å². The van der Waals surface area contributed by atoms with Crippen molar-refractivity contribution in [1.29, 1.82) is 0 Å². The standard InChI is InChI=1S/C26H33NO4/c1-4-24-14-23(2)18-11-16-7-8-17(28)21-20(16)25(23,9-10-27(18)13-15-5-6-15)22(31-21)26(24,30-3)12-19(24)29/h7-8,15,18,22,28H,4-6,9-14H2,1-3H3/t18-,22-,23-,24+,25+,26+/m1/s1. The van der Waals surface area contributed by atoms with Crippen LogP contribution < -0.4 is 4.74 Å². The van der Waals surface area contributed by atoms with Crippen molar-refractivity contribution in [2.45, 2.75) is 82.0 Å². The van der Waals surface area contributed by atoms with E-state index in [2.05, 4.69) is 24.8 Å². The molecule has 5 heteroatoms. The van der Waals surface area contributed by atoms with Crippen molar-refractivity contribution in [3.63, 3.8) is 0 Å². The Morgan fingerprint density at radius 2 is 2.13 bits per heavy atom. The van der Waals surface area contributed by atoms with Crippen LogP contribution in [0, 0.1) is 16.7 Å². The topological polar surface area (TPSA) is 59.0 Å². The van der Waals surface area contributed by atoms with Crippen molar-refractivity contribution >= 4 is 5.78 Å². The van der Waals surface area contributed by atoms with Gasteiger partial charge in [0, 0.05) is 37.1 Å². The number of phenolic OH excluding ortho intramolecular Hbond substituents is 1. The Bertz CT molecular complexity index is 1020. The number of carbonyl (C=O) groups is 1. The number of methoxy groups -OCH3 is 1. The fraction of sp³-hybridized carbons (Fsp3) is 0.731. The molecule has 4 fully saturated rings. The number of piperidine rings is 1. The number of ether oxygens (including phenoxy) is 2. The van der Waals surface area contributed by atoms with Gasteiger partial charge in [-0.25, -0.2) is 0 Å². The number of carbonyl (C=O) groups excluding carboxylic acids is 1. The highest BCUT2D eigenvalue weighted by atomic mass is 16.6. The molecule has 31 heavy (non-hydrogen) atoms. The summed E-state index contributed by atoms with van der Waals surface area (Å²) in [5, 5.41) is 10.8. The van der Waals surface area contributed by atoms with E-state index >= 15 is 0 Å². The maximum absolute atomic E-state index is 13.3. The third-order valence-corrected chi connectivity index (χ3v) is 10.8. The highest BCUT2D eigenvalue weighted by Gasteiger charge is 2.84. The number of hydrogen-bond donors (Lipinski definition) is 1. The Hall–Kier alpha value is -1.59. The second-order valence-corrected chi connectivity index (χ2v) is 11.5. The van der Waals surface area contributed by atoms with Crippen molar-refractivity contribution in [3.8, 4) is 11.5 Å². The summed E-state index contributed by atoms with van der Waals surface area (Å²) in [4.78, 5) is 16.1. The lowest BCUT2D eigenvalue weighted by molar-refractivity contribution is -0.288. The van der Waals surface area contributed by atoms with E-state index in [1.54, 1.807) is 7.11 Å². The van der Waals surface area contributed by atoms with Crippen molar-refractivity contribution in [2.24, 2.45) is 16.7 Å². The molecule has 0 amide bonds. The summed E-state index contributed by atoms with van der Waals surface area (Å²) in [5.74, 6) is 2.10. The summed E-state index contributed by atoms with van der Waals surface area (Å²) in [6.45, 7) is 6.85. The first kappa shape index (κ1) is 18.9. The van der Waals surface area contributed by atoms with Gasteiger partial charge in [-0.2, -0.15) is 0 Å². The maximum atomic E-state index is 13.3. The Morgan fingerprint density at radius 1 is 1.32 bits per heavy atom. The number of hydrogen-bond acceptors (Lipinski definition) is 5. The largest absolute Gasteiger partial charge is 0.504 e. The van der Waals surface area contributed by atoms with Gasteiger partial charge < -0.3 is 14.6 Å². The average molecular weight is 424 g/mol. The lowest BCUT2D eigenvalue weighted by atomic mass is 9.32. The van der Waals surface area contributed by atoms with E-state index in [1.807, 2.05) is 6.07 Å². The number of likely N-dealkylation sites (tertiary alicyclic amines) is 1. The second-order valence-electron chi connectivity index (χ2n) is 11.5. The van der Waals surface area contributed by atoms with Gasteiger partial charge in [0.05, 0.1) is 5.41 Å². The quantitative estimate of drug-likeness (QED) is 0.802. The Morgan fingerprint density at radius 3 is 2.81 bits per heavy atom. The lowest BCUT2D eigenvalue weighted by Crippen LogP contribution is -2.84. The van der Waals surface area contributed by atoms with Crippen molar-refractivity contribution in [2.75, 3.05) is 20.2 Å². The third kappa shape index (κ3) is 1.78. The third-order valence-electron chi connectivity index (χ3n) is 10.8. The molecular formula is C26H33NO4. The van der Waals surface area contributed by atoms with Gasteiger partial charge in [-0.05, 0) is 68.0 Å². The van der Waals surface area contributed by atoms with Crippen molar-refractivity contribution in [3.05, 3.63) is 23.3 Å². The SMILES string of the molecule is CC[C@@]12C[C@]3(C)[C@H]4Cc5ccc(O)c6c5[C@@]3(CCN4CC3CC3)[C@@H](O6)[C@@]1(OC)CC2=O. The van der Waals surface area contributed by atoms with Gasteiger partial charge in [0.25, 0.3) is 0 Å². The summed E-state index contributed by atoms with van der Waals surface area (Å²) in [7, 11) is 1.77. The van der Waals surface area contributed by atoms with Gasteiger partial charge >= 0.3 is 0 Å². The second kappa shape index (κ2) is 5.48. The molecule has 4 aliphatic carbocycles. The summed E-state index contributed by atoms with van der Waals surface area (Å²) in [6, 6.07) is 4.34. The predicted molar refractivity (Wildman–Crippen MR) is 115 cm³/mol. The molecule has 1 aromatic rings. The number of ketones is 1. The van der Waals surface area contributed by atoms with Gasteiger partial charge in [-0.3, -0.25) is 9.69 Å². The van der Waals surface area contributed by atoms with Crippen LogP contribution >= 0.6 is 0 Å². The Balaban J connectivity index is 1.49. The van der Waals surface area contributed by atoms with Gasteiger partial charge in [0.15, 0.2) is 11.5 Å². The summed E-state index contributed by atoms with van der Waals surface area (Å²) in [5.41, 5.74) is 1.21. The predicted octanol–water partition coefficient (Wildman–Crippen LogP) is 3.60. The fourth-order valence-electron chi connectivity index (χ4n) is 9.15. The first-order valence-corrected chi connectivity index (χ1v) is 12.2.